The molecule has 9 heteroatoms. The van der Waals surface area contributed by atoms with Gasteiger partial charge in [-0.3, -0.25) is 9.20 Å². The van der Waals surface area contributed by atoms with Gasteiger partial charge in [0, 0.05) is 37.3 Å². The van der Waals surface area contributed by atoms with Crippen LogP contribution in [0, 0.1) is 20.8 Å². The number of carbonyl (C=O) groups excluding carboxylic acids is 2. The second kappa shape index (κ2) is 10.5. The Bertz CT molecular complexity index is 1260. The van der Waals surface area contributed by atoms with Crippen LogP contribution in [0.15, 0.2) is 47.4 Å². The van der Waals surface area contributed by atoms with E-state index >= 15 is 0 Å². The van der Waals surface area contributed by atoms with Crippen LogP contribution in [0.1, 0.15) is 40.0 Å². The number of nitrogens with one attached hydrogen (secondary N) is 1. The SMILES string of the molecule is CCc1cc[n+](CCNC(=O)c2ccn3c(-c4c(C)noc4C)cnc3c2)c(C)c1.O=C[O-]. The summed E-state index contributed by atoms with van der Waals surface area (Å²) in [5.74, 6) is 0.638. The Labute approximate surface area is 191 Å². The number of imidazole rings is 1. The molecule has 0 aliphatic heterocycles. The summed E-state index contributed by atoms with van der Waals surface area (Å²) in [7, 11) is 0. The fourth-order valence-electron chi connectivity index (χ4n) is 3.72. The average molecular weight is 450 g/mol. The van der Waals surface area contributed by atoms with Gasteiger partial charge in [-0.1, -0.05) is 12.1 Å². The van der Waals surface area contributed by atoms with Crippen molar-refractivity contribution in [2.45, 2.75) is 40.7 Å². The number of pyridine rings is 2. The van der Waals surface area contributed by atoms with Crippen molar-refractivity contribution >= 4 is 18.0 Å². The maximum absolute atomic E-state index is 12.6. The van der Waals surface area contributed by atoms with E-state index in [4.69, 9.17) is 14.4 Å². The molecular formula is C24H27N5O4. The molecule has 0 radical (unpaired) electrons. The lowest BCUT2D eigenvalue weighted by Gasteiger charge is -2.06. The fraction of sp³-hybridized carbons (Fsp3) is 0.292. The monoisotopic (exact) mass is 449 g/mol. The van der Waals surface area contributed by atoms with Gasteiger partial charge in [-0.15, -0.1) is 0 Å². The number of aromatic nitrogens is 4. The van der Waals surface area contributed by atoms with Gasteiger partial charge in [0.25, 0.3) is 5.91 Å². The molecule has 1 amide bonds. The fourth-order valence-corrected chi connectivity index (χ4v) is 3.72. The maximum Gasteiger partial charge on any atom is 0.251 e. The Kier molecular flexibility index (Phi) is 7.55. The average Bonchev–Trinajstić information content (AvgIpc) is 3.36. The molecule has 0 spiro atoms. The first-order valence-electron chi connectivity index (χ1n) is 10.6. The molecule has 4 aromatic heterocycles. The van der Waals surface area contributed by atoms with Gasteiger partial charge in [0.15, 0.2) is 18.4 Å². The predicted octanol–water partition coefficient (Wildman–Crippen LogP) is 1.56. The van der Waals surface area contributed by atoms with E-state index in [1.807, 2.05) is 24.4 Å². The first-order valence-corrected chi connectivity index (χ1v) is 10.6. The van der Waals surface area contributed by atoms with Crippen LogP contribution in [0.2, 0.25) is 0 Å². The molecule has 0 unspecified atom stereocenters. The highest BCUT2D eigenvalue weighted by atomic mass is 16.5. The molecule has 0 saturated carbocycles. The molecule has 0 aliphatic rings. The van der Waals surface area contributed by atoms with Crippen molar-refractivity contribution in [3.8, 4) is 11.3 Å². The highest BCUT2D eigenvalue weighted by molar-refractivity contribution is 5.95. The lowest BCUT2D eigenvalue weighted by Crippen LogP contribution is -2.42. The van der Waals surface area contributed by atoms with Crippen molar-refractivity contribution in [1.82, 2.24) is 19.9 Å². The van der Waals surface area contributed by atoms with E-state index in [-0.39, 0.29) is 5.91 Å². The number of carbonyl (C=O) groups is 2. The summed E-state index contributed by atoms with van der Waals surface area (Å²) < 4.78 is 9.36. The van der Waals surface area contributed by atoms with Gasteiger partial charge in [-0.2, -0.15) is 0 Å². The molecule has 4 heterocycles. The van der Waals surface area contributed by atoms with Gasteiger partial charge in [-0.05, 0) is 38.0 Å². The number of aryl methyl sites for hydroxylation is 4. The van der Waals surface area contributed by atoms with Crippen LogP contribution in [0.3, 0.4) is 0 Å². The van der Waals surface area contributed by atoms with Gasteiger partial charge in [-0.25, -0.2) is 9.55 Å². The van der Waals surface area contributed by atoms with E-state index in [1.54, 1.807) is 18.3 Å². The third kappa shape index (κ3) is 5.25. The van der Waals surface area contributed by atoms with Crippen LogP contribution in [-0.2, 0) is 17.8 Å². The van der Waals surface area contributed by atoms with Crippen LogP contribution in [0.25, 0.3) is 16.9 Å². The Morgan fingerprint density at radius 1 is 1.27 bits per heavy atom. The van der Waals surface area contributed by atoms with E-state index in [2.05, 4.69) is 52.2 Å². The molecule has 0 bridgehead atoms. The predicted molar refractivity (Wildman–Crippen MR) is 119 cm³/mol. The van der Waals surface area contributed by atoms with Crippen molar-refractivity contribution in [2.75, 3.05) is 6.54 Å². The summed E-state index contributed by atoms with van der Waals surface area (Å²) in [6, 6.07) is 7.91. The largest absolute Gasteiger partial charge is 0.554 e. The van der Waals surface area contributed by atoms with Gasteiger partial charge in [0.05, 0.1) is 29.7 Å². The van der Waals surface area contributed by atoms with Crippen LogP contribution in [-0.4, -0.2) is 33.5 Å². The second-order valence-electron chi connectivity index (χ2n) is 7.56. The van der Waals surface area contributed by atoms with E-state index in [0.717, 1.165) is 35.7 Å². The summed E-state index contributed by atoms with van der Waals surface area (Å²) in [4.78, 5) is 25.3. The Morgan fingerprint density at radius 2 is 2.03 bits per heavy atom. The highest BCUT2D eigenvalue weighted by Crippen LogP contribution is 2.27. The third-order valence-electron chi connectivity index (χ3n) is 5.43. The molecular weight excluding hydrogens is 422 g/mol. The third-order valence-corrected chi connectivity index (χ3v) is 5.43. The quantitative estimate of drug-likeness (QED) is 0.353. The summed E-state index contributed by atoms with van der Waals surface area (Å²) in [5.41, 5.74) is 6.44. The normalized spacial score (nSPS) is 10.5. The summed E-state index contributed by atoms with van der Waals surface area (Å²) in [6.45, 7) is 8.80. The number of rotatable bonds is 6. The number of amides is 1. The van der Waals surface area contributed by atoms with Crippen molar-refractivity contribution in [3.63, 3.8) is 0 Å². The molecule has 33 heavy (non-hydrogen) atoms. The van der Waals surface area contributed by atoms with Crippen LogP contribution < -0.4 is 15.0 Å². The van der Waals surface area contributed by atoms with Gasteiger partial charge in [0.1, 0.15) is 11.4 Å². The molecule has 172 valence electrons. The number of hydrogen-bond donors (Lipinski definition) is 1. The Morgan fingerprint density at radius 3 is 2.67 bits per heavy atom. The number of hydrogen-bond acceptors (Lipinski definition) is 6. The molecule has 0 fully saturated rings. The number of fused-ring (bicyclic) bond motifs is 1. The zero-order valence-corrected chi connectivity index (χ0v) is 19.2. The van der Waals surface area contributed by atoms with Gasteiger partial charge < -0.3 is 19.7 Å². The Hall–Kier alpha value is -4.01. The molecule has 9 nitrogen and oxygen atoms in total. The first-order chi connectivity index (χ1) is 15.9. The minimum atomic E-state index is -0.500. The highest BCUT2D eigenvalue weighted by Gasteiger charge is 2.17. The minimum absolute atomic E-state index is 0.108. The standard InChI is InChI=1S/C23H25N5O2.CH2O2/c1-5-18-6-9-27(15(2)12-18)11-8-24-23(29)19-7-10-28-20(14-25-21(28)13-19)22-16(3)26-30-17(22)4;2-1-3/h6-7,9-10,12-14H,5,8,11H2,1-4H3;1H,(H,2,3). The van der Waals surface area contributed by atoms with Crippen molar-refractivity contribution < 1.29 is 23.8 Å². The molecule has 0 saturated heterocycles. The second-order valence-corrected chi connectivity index (χ2v) is 7.56. The molecule has 1 N–H and O–H groups in total. The molecule has 0 atom stereocenters. The minimum Gasteiger partial charge on any atom is -0.554 e. The Balaban J connectivity index is 0.000000968. The van der Waals surface area contributed by atoms with Crippen molar-refractivity contribution in [3.05, 3.63) is 71.1 Å². The van der Waals surface area contributed by atoms with Crippen molar-refractivity contribution in [2.24, 2.45) is 0 Å². The van der Waals surface area contributed by atoms with E-state index in [0.29, 0.717) is 17.8 Å². The topological polar surface area (TPSA) is 116 Å². The molecule has 0 aromatic carbocycles. The maximum atomic E-state index is 12.6. The summed E-state index contributed by atoms with van der Waals surface area (Å²) in [6.07, 6.45) is 6.74. The van der Waals surface area contributed by atoms with E-state index < -0.39 is 6.47 Å². The van der Waals surface area contributed by atoms with Crippen LogP contribution >= 0.6 is 0 Å². The zero-order valence-electron chi connectivity index (χ0n) is 19.2. The molecule has 4 rings (SSSR count). The summed E-state index contributed by atoms with van der Waals surface area (Å²) in [5, 5.41) is 15.3. The number of carboxylic acid groups (broad SMARTS) is 1. The van der Waals surface area contributed by atoms with Crippen LogP contribution in [0.4, 0.5) is 0 Å². The summed E-state index contributed by atoms with van der Waals surface area (Å²) >= 11 is 0. The van der Waals surface area contributed by atoms with Gasteiger partial charge >= 0.3 is 0 Å². The zero-order chi connectivity index (χ0) is 24.0. The molecule has 4 aromatic rings. The van der Waals surface area contributed by atoms with E-state index in [9.17, 15) is 4.79 Å². The van der Waals surface area contributed by atoms with Crippen molar-refractivity contribution in [1.29, 1.82) is 0 Å². The molecule has 0 aliphatic carbocycles. The lowest BCUT2D eigenvalue weighted by atomic mass is 10.1. The smallest absolute Gasteiger partial charge is 0.251 e. The number of nitrogens with zero attached hydrogens (tertiary/aromatic N) is 4. The van der Waals surface area contributed by atoms with Gasteiger partial charge in [0.2, 0.25) is 0 Å². The van der Waals surface area contributed by atoms with Crippen LogP contribution in [0.5, 0.6) is 0 Å². The lowest BCUT2D eigenvalue weighted by molar-refractivity contribution is -0.700. The first kappa shape index (κ1) is 23.6. The van der Waals surface area contributed by atoms with E-state index in [1.165, 1.54) is 11.3 Å².